The molecule has 2 bridgehead atoms. The summed E-state index contributed by atoms with van der Waals surface area (Å²) >= 11 is 0. The molecule has 0 aromatic heterocycles. The summed E-state index contributed by atoms with van der Waals surface area (Å²) in [6, 6.07) is 12.2. The van der Waals surface area contributed by atoms with Crippen LogP contribution in [0.4, 0.5) is 18.9 Å². The van der Waals surface area contributed by atoms with Gasteiger partial charge in [0.2, 0.25) is 15.9 Å². The smallest absolute Gasteiger partial charge is 0.312 e. The first-order chi connectivity index (χ1) is 16.4. The van der Waals surface area contributed by atoms with E-state index in [9.17, 15) is 26.4 Å². The maximum atomic E-state index is 13.3. The predicted octanol–water partition coefficient (Wildman–Crippen LogP) is 4.26. The minimum atomic E-state index is -4.44. The van der Waals surface area contributed by atoms with Crippen LogP contribution >= 0.6 is 0 Å². The van der Waals surface area contributed by atoms with Crippen LogP contribution in [0.1, 0.15) is 42.9 Å². The number of rotatable bonds is 3. The van der Waals surface area contributed by atoms with Gasteiger partial charge in [0.05, 0.1) is 11.8 Å². The number of carbonyl (C=O) groups excluding carboxylic acids is 1. The molecule has 0 saturated carbocycles. The van der Waals surface area contributed by atoms with Crippen molar-refractivity contribution < 1.29 is 26.4 Å². The third kappa shape index (κ3) is 5.87. The highest BCUT2D eigenvalue weighted by atomic mass is 32.2. The van der Waals surface area contributed by atoms with Gasteiger partial charge in [0, 0.05) is 50.9 Å². The van der Waals surface area contributed by atoms with Crippen molar-refractivity contribution in [3.8, 4) is 0 Å². The molecule has 2 aromatic carbocycles. The molecule has 2 aliphatic rings. The van der Waals surface area contributed by atoms with Gasteiger partial charge in [-0.25, -0.2) is 8.42 Å². The molecular formula is C25H30F3N3O3S. The Kier molecular flexibility index (Phi) is 7.26. The molecule has 10 heteroatoms. The number of anilines is 1. The Labute approximate surface area is 204 Å². The van der Waals surface area contributed by atoms with Gasteiger partial charge in [-0.1, -0.05) is 36.4 Å². The second-order valence-corrected chi connectivity index (χ2v) is 11.3. The maximum absolute atomic E-state index is 13.3. The molecule has 0 N–H and O–H groups in total. The van der Waals surface area contributed by atoms with Crippen LogP contribution in [0, 0.1) is 0 Å². The number of fused-ring (bicyclic) bond motifs is 3. The number of alkyl halides is 3. The Morgan fingerprint density at radius 1 is 1.03 bits per heavy atom. The lowest BCUT2D eigenvalue weighted by Gasteiger charge is -2.32. The number of nitrogens with zero attached hydrogens (tertiary/aromatic N) is 3. The fraction of sp³-hybridized carbons (Fsp3) is 0.480. The standard InChI is InChI=1S/C25H30F3N3O3S/c1-18(32)30-13-12-22-10-11-23(31(22)35(2,33)34)17-29(16-20-7-3-4-9-24(20)30)15-19-6-5-8-21(14-19)25(26,27)28/h3-9,14,22-23H,10-13,15-17H2,1-2H3/t22-,23+/m1/s1. The Morgan fingerprint density at radius 2 is 1.74 bits per heavy atom. The van der Waals surface area contributed by atoms with Gasteiger partial charge in [-0.2, -0.15) is 17.5 Å². The van der Waals surface area contributed by atoms with Crippen molar-refractivity contribution in [2.45, 2.75) is 57.5 Å². The van der Waals surface area contributed by atoms with E-state index in [0.717, 1.165) is 23.4 Å². The number of para-hydroxylation sites is 1. The van der Waals surface area contributed by atoms with Crippen LogP contribution in [-0.2, 0) is 34.1 Å². The summed E-state index contributed by atoms with van der Waals surface area (Å²) in [6.45, 7) is 2.85. The lowest BCUT2D eigenvalue weighted by Crippen LogP contribution is -2.46. The van der Waals surface area contributed by atoms with Gasteiger partial charge in [-0.15, -0.1) is 0 Å². The number of amides is 1. The van der Waals surface area contributed by atoms with Crippen molar-refractivity contribution in [3.05, 3.63) is 65.2 Å². The molecule has 1 fully saturated rings. The first-order valence-corrected chi connectivity index (χ1v) is 13.5. The molecule has 2 heterocycles. The van der Waals surface area contributed by atoms with Crippen molar-refractivity contribution in [1.29, 1.82) is 0 Å². The second kappa shape index (κ2) is 9.91. The summed E-state index contributed by atoms with van der Waals surface area (Å²) in [5.41, 5.74) is 1.40. The number of hydrogen-bond acceptors (Lipinski definition) is 4. The third-order valence-electron chi connectivity index (χ3n) is 6.81. The normalized spacial score (nSPS) is 22.5. The van der Waals surface area contributed by atoms with Gasteiger partial charge in [-0.3, -0.25) is 9.69 Å². The first kappa shape index (κ1) is 25.7. The Balaban J connectivity index is 1.75. The molecular weight excluding hydrogens is 479 g/mol. The highest BCUT2D eigenvalue weighted by Crippen LogP contribution is 2.34. The van der Waals surface area contributed by atoms with E-state index in [-0.39, 0.29) is 24.5 Å². The van der Waals surface area contributed by atoms with Gasteiger partial charge in [-0.05, 0) is 42.5 Å². The van der Waals surface area contributed by atoms with Gasteiger partial charge in [0.15, 0.2) is 0 Å². The summed E-state index contributed by atoms with van der Waals surface area (Å²) in [5.74, 6) is -0.137. The van der Waals surface area contributed by atoms with Crippen molar-refractivity contribution >= 4 is 21.6 Å². The fourth-order valence-electron chi connectivity index (χ4n) is 5.38. The average molecular weight is 510 g/mol. The van der Waals surface area contributed by atoms with E-state index in [2.05, 4.69) is 0 Å². The van der Waals surface area contributed by atoms with E-state index in [1.54, 1.807) is 15.3 Å². The summed E-state index contributed by atoms with van der Waals surface area (Å²) in [4.78, 5) is 16.2. The van der Waals surface area contributed by atoms with Gasteiger partial charge < -0.3 is 4.90 Å². The van der Waals surface area contributed by atoms with E-state index >= 15 is 0 Å². The van der Waals surface area contributed by atoms with Crippen LogP contribution in [0.2, 0.25) is 0 Å². The second-order valence-electron chi connectivity index (χ2n) is 9.43. The fourth-order valence-corrected chi connectivity index (χ4v) is 6.85. The van der Waals surface area contributed by atoms with Gasteiger partial charge in [0.1, 0.15) is 0 Å². The minimum absolute atomic E-state index is 0.137. The molecule has 4 rings (SSSR count). The first-order valence-electron chi connectivity index (χ1n) is 11.7. The Morgan fingerprint density at radius 3 is 2.43 bits per heavy atom. The molecule has 6 nitrogen and oxygen atoms in total. The molecule has 35 heavy (non-hydrogen) atoms. The zero-order valence-electron chi connectivity index (χ0n) is 19.8. The van der Waals surface area contributed by atoms with Crippen molar-refractivity contribution in [2.24, 2.45) is 0 Å². The predicted molar refractivity (Wildman–Crippen MR) is 128 cm³/mol. The molecule has 1 amide bonds. The largest absolute Gasteiger partial charge is 0.416 e. The maximum Gasteiger partial charge on any atom is 0.416 e. The van der Waals surface area contributed by atoms with E-state index in [1.165, 1.54) is 19.2 Å². The number of sulfonamides is 1. The topological polar surface area (TPSA) is 60.9 Å². The Bertz CT molecular complexity index is 1190. The van der Waals surface area contributed by atoms with E-state index in [0.29, 0.717) is 44.5 Å². The molecule has 0 radical (unpaired) electrons. The molecule has 0 aliphatic carbocycles. The monoisotopic (exact) mass is 509 g/mol. The molecule has 190 valence electrons. The van der Waals surface area contributed by atoms with Crippen molar-refractivity contribution in [2.75, 3.05) is 24.2 Å². The highest BCUT2D eigenvalue weighted by molar-refractivity contribution is 7.88. The minimum Gasteiger partial charge on any atom is -0.312 e. The summed E-state index contributed by atoms with van der Waals surface area (Å²) in [7, 11) is -3.51. The zero-order valence-corrected chi connectivity index (χ0v) is 20.6. The van der Waals surface area contributed by atoms with Crippen molar-refractivity contribution in [3.63, 3.8) is 0 Å². The molecule has 2 aliphatic heterocycles. The number of benzene rings is 2. The lowest BCUT2D eigenvalue weighted by atomic mass is 10.1. The zero-order chi connectivity index (χ0) is 25.4. The number of hydrogen-bond donors (Lipinski definition) is 0. The molecule has 0 spiro atoms. The number of carbonyl (C=O) groups is 1. The highest BCUT2D eigenvalue weighted by Gasteiger charge is 2.41. The van der Waals surface area contributed by atoms with Crippen LogP contribution in [0.25, 0.3) is 0 Å². The van der Waals surface area contributed by atoms with E-state index < -0.39 is 21.8 Å². The van der Waals surface area contributed by atoms with E-state index in [1.807, 2.05) is 29.2 Å². The average Bonchev–Trinajstić information content (AvgIpc) is 3.15. The van der Waals surface area contributed by atoms with Crippen LogP contribution < -0.4 is 4.90 Å². The summed E-state index contributed by atoms with van der Waals surface area (Å²) < 4.78 is 67.0. The molecule has 1 saturated heterocycles. The van der Waals surface area contributed by atoms with E-state index in [4.69, 9.17) is 0 Å². The van der Waals surface area contributed by atoms with Crippen LogP contribution in [0.3, 0.4) is 0 Å². The lowest BCUT2D eigenvalue weighted by molar-refractivity contribution is -0.137. The van der Waals surface area contributed by atoms with Gasteiger partial charge in [0.25, 0.3) is 0 Å². The molecule has 2 atom stereocenters. The molecule has 0 unspecified atom stereocenters. The third-order valence-corrected chi connectivity index (χ3v) is 8.17. The number of halogens is 3. The van der Waals surface area contributed by atoms with Gasteiger partial charge >= 0.3 is 6.18 Å². The molecule has 2 aromatic rings. The Hall–Kier alpha value is -2.43. The quantitative estimate of drug-likeness (QED) is 0.621. The SMILES string of the molecule is CC(=O)N1CC[C@H]2CC[C@@H](CN(Cc3cccc(C(F)(F)F)c3)Cc3ccccc31)N2S(C)(=O)=O. The summed E-state index contributed by atoms with van der Waals surface area (Å²) in [6.07, 6.45) is -1.38. The summed E-state index contributed by atoms with van der Waals surface area (Å²) in [5, 5.41) is 0. The van der Waals surface area contributed by atoms with Crippen LogP contribution in [0.15, 0.2) is 48.5 Å². The van der Waals surface area contributed by atoms with Crippen LogP contribution in [-0.4, -0.2) is 55.0 Å². The van der Waals surface area contributed by atoms with Crippen LogP contribution in [0.5, 0.6) is 0 Å². The van der Waals surface area contributed by atoms with Crippen molar-refractivity contribution in [1.82, 2.24) is 9.21 Å².